The van der Waals surface area contributed by atoms with Crippen LogP contribution in [0.3, 0.4) is 0 Å². The van der Waals surface area contributed by atoms with Crippen molar-refractivity contribution >= 4 is 15.9 Å². The summed E-state index contributed by atoms with van der Waals surface area (Å²) in [7, 11) is 0. The first-order valence-electron chi connectivity index (χ1n) is 7.68. The molecule has 1 heteroatoms. The first-order valence-corrected chi connectivity index (χ1v) is 8.60. The molecule has 19 heavy (non-hydrogen) atoms. The predicted molar refractivity (Wildman–Crippen MR) is 88.1 cm³/mol. The quantitative estimate of drug-likeness (QED) is 0.624. The van der Waals surface area contributed by atoms with Gasteiger partial charge in [-0.3, -0.25) is 0 Å². The summed E-state index contributed by atoms with van der Waals surface area (Å²) in [5.41, 5.74) is 3.23. The normalized spacial score (nSPS) is 28.4. The molecule has 0 N–H and O–H groups in total. The number of alkyl halides is 1. The van der Waals surface area contributed by atoms with Crippen LogP contribution in [-0.4, -0.2) is 4.83 Å². The van der Waals surface area contributed by atoms with Crippen LogP contribution in [0.1, 0.15) is 58.1 Å². The van der Waals surface area contributed by atoms with Crippen LogP contribution >= 0.6 is 15.9 Å². The number of halogens is 1. The van der Waals surface area contributed by atoms with Gasteiger partial charge in [0.1, 0.15) is 0 Å². The minimum Gasteiger partial charge on any atom is -0.0887 e. The molecule has 1 aromatic carbocycles. The van der Waals surface area contributed by atoms with E-state index in [2.05, 4.69) is 67.9 Å². The smallest absolute Gasteiger partial charge is 0.0184 e. The van der Waals surface area contributed by atoms with Crippen LogP contribution in [0.5, 0.6) is 0 Å². The Morgan fingerprint density at radius 2 is 2.00 bits per heavy atom. The minimum atomic E-state index is 0.263. The Morgan fingerprint density at radius 1 is 1.26 bits per heavy atom. The molecule has 1 aromatic rings. The van der Waals surface area contributed by atoms with Gasteiger partial charge in [-0.25, -0.2) is 0 Å². The number of rotatable bonds is 3. The summed E-state index contributed by atoms with van der Waals surface area (Å²) in [6.45, 7) is 9.48. The van der Waals surface area contributed by atoms with E-state index < -0.39 is 0 Å². The molecule has 106 valence electrons. The van der Waals surface area contributed by atoms with Gasteiger partial charge >= 0.3 is 0 Å². The summed E-state index contributed by atoms with van der Waals surface area (Å²) >= 11 is 3.96. The van der Waals surface area contributed by atoms with Gasteiger partial charge in [0.2, 0.25) is 0 Å². The van der Waals surface area contributed by atoms with Gasteiger partial charge in [-0.05, 0) is 47.6 Å². The van der Waals surface area contributed by atoms with Gasteiger partial charge in [0.05, 0.1) is 0 Å². The van der Waals surface area contributed by atoms with Crippen LogP contribution in [0.25, 0.3) is 0 Å². The molecule has 1 fully saturated rings. The molecule has 0 amide bonds. The molecule has 3 unspecified atom stereocenters. The summed E-state index contributed by atoms with van der Waals surface area (Å²) < 4.78 is 0. The Labute approximate surface area is 127 Å². The minimum absolute atomic E-state index is 0.263. The van der Waals surface area contributed by atoms with E-state index >= 15 is 0 Å². The zero-order chi connectivity index (χ0) is 14.0. The third kappa shape index (κ3) is 3.24. The molecule has 0 nitrogen and oxygen atoms in total. The third-order valence-electron chi connectivity index (χ3n) is 5.04. The number of benzene rings is 1. The second-order valence-corrected chi connectivity index (χ2v) is 7.99. The van der Waals surface area contributed by atoms with Gasteiger partial charge < -0.3 is 0 Å². The first kappa shape index (κ1) is 15.1. The summed E-state index contributed by atoms with van der Waals surface area (Å²) in [4.78, 5) is 0.663. The van der Waals surface area contributed by atoms with Crippen molar-refractivity contribution in [1.29, 1.82) is 0 Å². The van der Waals surface area contributed by atoms with Crippen LogP contribution in [-0.2, 0) is 11.8 Å². The molecule has 3 atom stereocenters. The number of hydrogen-bond donors (Lipinski definition) is 0. The molecule has 1 aliphatic rings. The Bertz CT molecular complexity index is 421. The topological polar surface area (TPSA) is 0 Å². The van der Waals surface area contributed by atoms with Gasteiger partial charge in [-0.1, -0.05) is 74.3 Å². The van der Waals surface area contributed by atoms with Gasteiger partial charge in [0.15, 0.2) is 0 Å². The Hall–Kier alpha value is -0.300. The lowest BCUT2D eigenvalue weighted by molar-refractivity contribution is 0.214. The molecule has 0 spiro atoms. The zero-order valence-electron chi connectivity index (χ0n) is 12.7. The lowest BCUT2D eigenvalue weighted by atomic mass is 9.66. The van der Waals surface area contributed by atoms with Crippen molar-refractivity contribution in [2.75, 3.05) is 0 Å². The van der Waals surface area contributed by atoms with Crippen molar-refractivity contribution in [3.63, 3.8) is 0 Å². The lowest BCUT2D eigenvalue weighted by Crippen LogP contribution is -2.38. The van der Waals surface area contributed by atoms with E-state index in [-0.39, 0.29) is 5.41 Å². The molecule has 0 bridgehead atoms. The SMILES string of the molecule is CCc1cccc(C(C)(C)C2CCC(C)CC2Br)c1. The predicted octanol–water partition coefficient (Wildman–Crippen LogP) is 5.73. The zero-order valence-corrected chi connectivity index (χ0v) is 14.3. The van der Waals surface area contributed by atoms with Crippen molar-refractivity contribution in [3.8, 4) is 0 Å². The number of aryl methyl sites for hydroxylation is 1. The van der Waals surface area contributed by atoms with Crippen molar-refractivity contribution in [2.24, 2.45) is 11.8 Å². The van der Waals surface area contributed by atoms with Crippen molar-refractivity contribution in [2.45, 2.75) is 63.6 Å². The first-order chi connectivity index (χ1) is 8.95. The van der Waals surface area contributed by atoms with Crippen LogP contribution in [0, 0.1) is 11.8 Å². The lowest BCUT2D eigenvalue weighted by Gasteiger charge is -2.42. The highest BCUT2D eigenvalue weighted by Crippen LogP contribution is 2.45. The van der Waals surface area contributed by atoms with E-state index in [4.69, 9.17) is 0 Å². The maximum atomic E-state index is 3.96. The molecular formula is C18H27Br. The molecule has 0 radical (unpaired) electrons. The van der Waals surface area contributed by atoms with Gasteiger partial charge in [0, 0.05) is 4.83 Å². The third-order valence-corrected chi connectivity index (χ3v) is 6.05. The van der Waals surface area contributed by atoms with E-state index in [1.165, 1.54) is 30.4 Å². The Balaban J connectivity index is 2.25. The Kier molecular flexibility index (Phi) is 4.76. The van der Waals surface area contributed by atoms with Crippen molar-refractivity contribution in [3.05, 3.63) is 35.4 Å². The highest BCUT2D eigenvalue weighted by atomic mass is 79.9. The van der Waals surface area contributed by atoms with Gasteiger partial charge in [-0.2, -0.15) is 0 Å². The van der Waals surface area contributed by atoms with Crippen molar-refractivity contribution in [1.82, 2.24) is 0 Å². The van der Waals surface area contributed by atoms with E-state index in [0.29, 0.717) is 4.83 Å². The average molecular weight is 323 g/mol. The maximum absolute atomic E-state index is 3.96. The highest BCUT2D eigenvalue weighted by molar-refractivity contribution is 9.09. The van der Waals surface area contributed by atoms with Crippen LogP contribution in [0.2, 0.25) is 0 Å². The van der Waals surface area contributed by atoms with Crippen molar-refractivity contribution < 1.29 is 0 Å². The molecule has 2 rings (SSSR count). The summed E-state index contributed by atoms with van der Waals surface area (Å²) in [5, 5.41) is 0. The van der Waals surface area contributed by atoms with E-state index in [1.54, 1.807) is 0 Å². The van der Waals surface area contributed by atoms with Gasteiger partial charge in [-0.15, -0.1) is 0 Å². The molecular weight excluding hydrogens is 296 g/mol. The Morgan fingerprint density at radius 3 is 2.63 bits per heavy atom. The fraction of sp³-hybridized carbons (Fsp3) is 0.667. The second-order valence-electron chi connectivity index (χ2n) is 6.82. The summed E-state index contributed by atoms with van der Waals surface area (Å²) in [5.74, 6) is 1.62. The van der Waals surface area contributed by atoms with Crippen LogP contribution in [0.15, 0.2) is 24.3 Å². The summed E-state index contributed by atoms with van der Waals surface area (Å²) in [6, 6.07) is 9.20. The largest absolute Gasteiger partial charge is 0.0887 e. The second kappa shape index (κ2) is 5.99. The fourth-order valence-electron chi connectivity index (χ4n) is 3.53. The van der Waals surface area contributed by atoms with E-state index in [1.807, 2.05) is 0 Å². The summed E-state index contributed by atoms with van der Waals surface area (Å²) in [6.07, 6.45) is 5.18. The molecule has 1 aliphatic carbocycles. The molecule has 0 heterocycles. The van der Waals surface area contributed by atoms with Gasteiger partial charge in [0.25, 0.3) is 0 Å². The van der Waals surface area contributed by atoms with E-state index in [0.717, 1.165) is 18.3 Å². The standard InChI is InChI=1S/C18H27Br/c1-5-14-7-6-8-15(12-14)18(3,4)16-10-9-13(2)11-17(16)19/h6-8,12-13,16-17H,5,9-11H2,1-4H3. The van der Waals surface area contributed by atoms with Crippen LogP contribution < -0.4 is 0 Å². The molecule has 0 aliphatic heterocycles. The molecule has 0 aromatic heterocycles. The molecule has 1 saturated carbocycles. The molecule has 0 saturated heterocycles. The number of hydrogen-bond acceptors (Lipinski definition) is 0. The van der Waals surface area contributed by atoms with E-state index in [9.17, 15) is 0 Å². The fourth-order valence-corrected chi connectivity index (χ4v) is 5.09. The monoisotopic (exact) mass is 322 g/mol. The maximum Gasteiger partial charge on any atom is 0.0184 e. The highest BCUT2D eigenvalue weighted by Gasteiger charge is 2.38. The van der Waals surface area contributed by atoms with Crippen LogP contribution in [0.4, 0.5) is 0 Å². The average Bonchev–Trinajstić information content (AvgIpc) is 2.38.